The summed E-state index contributed by atoms with van der Waals surface area (Å²) >= 11 is 10.7. The topological polar surface area (TPSA) is 20.7 Å². The zero-order valence-corrected chi connectivity index (χ0v) is 12.4. The fourth-order valence-electron chi connectivity index (χ4n) is 1.64. The van der Waals surface area contributed by atoms with E-state index in [4.69, 9.17) is 12.2 Å². The van der Waals surface area contributed by atoms with Crippen LogP contribution in [0.1, 0.15) is 6.92 Å². The van der Waals surface area contributed by atoms with Gasteiger partial charge in [-0.3, -0.25) is 0 Å². The fraction of sp³-hybridized carbons (Fsp3) is 0.364. The van der Waals surface area contributed by atoms with E-state index in [2.05, 4.69) is 50.8 Å². The molecule has 5 heteroatoms. The van der Waals surface area contributed by atoms with E-state index >= 15 is 0 Å². The number of rotatable bonds is 3. The van der Waals surface area contributed by atoms with Crippen molar-refractivity contribution < 1.29 is 0 Å². The molecule has 1 atom stereocenters. The van der Waals surface area contributed by atoms with Gasteiger partial charge < -0.3 is 9.55 Å². The van der Waals surface area contributed by atoms with Crippen molar-refractivity contribution in [2.24, 2.45) is 0 Å². The molecular weight excluding hydrogens is 304 g/mol. The molecule has 2 rings (SSSR count). The van der Waals surface area contributed by atoms with E-state index in [0.717, 1.165) is 21.3 Å². The number of nitrogens with zero attached hydrogens (tertiary/aromatic N) is 1. The van der Waals surface area contributed by atoms with Gasteiger partial charge in [-0.05, 0) is 36.7 Å². The summed E-state index contributed by atoms with van der Waals surface area (Å²) in [7, 11) is 0. The second-order valence-corrected chi connectivity index (χ2v) is 6.33. The molecule has 0 aliphatic heterocycles. The number of aromatic nitrogens is 2. The maximum Gasteiger partial charge on any atom is 0.178 e. The molecule has 1 heterocycles. The molecule has 0 amide bonds. The molecule has 86 valence electrons. The summed E-state index contributed by atoms with van der Waals surface area (Å²) in [6, 6.07) is 6.18. The fourth-order valence-corrected chi connectivity index (χ4v) is 2.57. The molecule has 1 unspecified atom stereocenters. The minimum atomic E-state index is 0.560. The Bertz CT molecular complexity index is 559. The first-order chi connectivity index (χ1) is 7.61. The van der Waals surface area contributed by atoms with Crippen molar-refractivity contribution in [2.45, 2.75) is 18.7 Å². The minimum Gasteiger partial charge on any atom is -0.331 e. The summed E-state index contributed by atoms with van der Waals surface area (Å²) in [4.78, 5) is 3.23. The SMILES string of the molecule is CSC(C)Cn1c(=S)[nH]c2ccc(Br)cc21. The standard InChI is InChI=1S/C11H13BrN2S2/c1-7(16-2)6-14-10-5-8(12)3-4-9(10)13-11(14)15/h3-5,7H,6H2,1-2H3,(H,13,15). The van der Waals surface area contributed by atoms with Crippen LogP contribution in [0.3, 0.4) is 0 Å². The molecule has 0 saturated carbocycles. The van der Waals surface area contributed by atoms with Crippen molar-refractivity contribution in [1.29, 1.82) is 0 Å². The first-order valence-corrected chi connectivity index (χ1v) is 7.51. The van der Waals surface area contributed by atoms with Crippen LogP contribution < -0.4 is 0 Å². The van der Waals surface area contributed by atoms with Crippen molar-refractivity contribution >= 4 is 50.9 Å². The molecule has 0 spiro atoms. The van der Waals surface area contributed by atoms with Gasteiger partial charge in [0.2, 0.25) is 0 Å². The summed E-state index contributed by atoms with van der Waals surface area (Å²) in [5.41, 5.74) is 2.27. The largest absolute Gasteiger partial charge is 0.331 e. The lowest BCUT2D eigenvalue weighted by Crippen LogP contribution is -2.08. The molecule has 0 bridgehead atoms. The minimum absolute atomic E-state index is 0.560. The molecule has 0 radical (unpaired) electrons. The van der Waals surface area contributed by atoms with Gasteiger partial charge in [0.1, 0.15) is 0 Å². The van der Waals surface area contributed by atoms with Crippen LogP contribution in [0, 0.1) is 4.77 Å². The van der Waals surface area contributed by atoms with E-state index in [-0.39, 0.29) is 0 Å². The van der Waals surface area contributed by atoms with Gasteiger partial charge >= 0.3 is 0 Å². The third-order valence-electron chi connectivity index (χ3n) is 2.58. The van der Waals surface area contributed by atoms with Crippen LogP contribution in [0.25, 0.3) is 11.0 Å². The number of benzene rings is 1. The van der Waals surface area contributed by atoms with Crippen LogP contribution in [0.15, 0.2) is 22.7 Å². The van der Waals surface area contributed by atoms with E-state index in [0.29, 0.717) is 5.25 Å². The molecular formula is C11H13BrN2S2. The summed E-state index contributed by atoms with van der Waals surface area (Å²) in [5.74, 6) is 0. The highest BCUT2D eigenvalue weighted by Gasteiger charge is 2.07. The number of halogens is 1. The van der Waals surface area contributed by atoms with Gasteiger partial charge in [-0.15, -0.1) is 0 Å². The van der Waals surface area contributed by atoms with E-state index in [9.17, 15) is 0 Å². The number of aromatic amines is 1. The molecule has 0 aliphatic rings. The Morgan fingerprint density at radius 1 is 1.56 bits per heavy atom. The Balaban J connectivity index is 2.54. The van der Waals surface area contributed by atoms with Crippen LogP contribution in [0.2, 0.25) is 0 Å². The molecule has 0 fully saturated rings. The summed E-state index contributed by atoms with van der Waals surface area (Å²) in [6.45, 7) is 3.15. The van der Waals surface area contributed by atoms with Crippen LogP contribution in [-0.2, 0) is 6.54 Å². The lowest BCUT2D eigenvalue weighted by Gasteiger charge is -2.10. The van der Waals surface area contributed by atoms with Crippen LogP contribution >= 0.6 is 39.9 Å². The molecule has 1 aromatic carbocycles. The number of hydrogen-bond acceptors (Lipinski definition) is 2. The first-order valence-electron chi connectivity index (χ1n) is 5.02. The molecule has 2 nitrogen and oxygen atoms in total. The number of hydrogen-bond donors (Lipinski definition) is 1. The van der Waals surface area contributed by atoms with Crippen molar-refractivity contribution in [3.63, 3.8) is 0 Å². The Kier molecular flexibility index (Phi) is 3.77. The Morgan fingerprint density at radius 3 is 3.00 bits per heavy atom. The normalized spacial score (nSPS) is 13.2. The summed E-state index contributed by atoms with van der Waals surface area (Å²) in [5, 5.41) is 0.560. The second-order valence-electron chi connectivity index (χ2n) is 3.75. The van der Waals surface area contributed by atoms with E-state index in [1.54, 1.807) is 0 Å². The van der Waals surface area contributed by atoms with Gasteiger partial charge in [0, 0.05) is 16.3 Å². The quantitative estimate of drug-likeness (QED) is 0.856. The third-order valence-corrected chi connectivity index (χ3v) is 4.35. The van der Waals surface area contributed by atoms with Crippen molar-refractivity contribution in [3.8, 4) is 0 Å². The number of thioether (sulfide) groups is 1. The number of nitrogens with one attached hydrogen (secondary N) is 1. The average Bonchev–Trinajstić information content (AvgIpc) is 2.55. The lowest BCUT2D eigenvalue weighted by molar-refractivity contribution is 0.702. The highest BCUT2D eigenvalue weighted by molar-refractivity contribution is 9.10. The zero-order chi connectivity index (χ0) is 11.7. The highest BCUT2D eigenvalue weighted by Crippen LogP contribution is 2.21. The monoisotopic (exact) mass is 316 g/mol. The predicted molar refractivity (Wildman–Crippen MR) is 77.8 cm³/mol. The molecule has 1 N–H and O–H groups in total. The number of fused-ring (bicyclic) bond motifs is 1. The highest BCUT2D eigenvalue weighted by atomic mass is 79.9. The van der Waals surface area contributed by atoms with Crippen LogP contribution in [0.5, 0.6) is 0 Å². The number of H-pyrrole nitrogens is 1. The molecule has 2 aromatic rings. The summed E-state index contributed by atoms with van der Waals surface area (Å²) in [6.07, 6.45) is 2.12. The van der Waals surface area contributed by atoms with Crippen molar-refractivity contribution in [1.82, 2.24) is 9.55 Å². The van der Waals surface area contributed by atoms with Crippen LogP contribution in [0.4, 0.5) is 0 Å². The Morgan fingerprint density at radius 2 is 2.31 bits per heavy atom. The van der Waals surface area contributed by atoms with Crippen molar-refractivity contribution in [3.05, 3.63) is 27.4 Å². The predicted octanol–water partition coefficient (Wildman–Crippen LogP) is 4.21. The average molecular weight is 317 g/mol. The molecule has 1 aromatic heterocycles. The van der Waals surface area contributed by atoms with Gasteiger partial charge in [-0.1, -0.05) is 22.9 Å². The van der Waals surface area contributed by atoms with Gasteiger partial charge in [0.05, 0.1) is 11.0 Å². The number of imidazole rings is 1. The van der Waals surface area contributed by atoms with E-state index in [1.165, 1.54) is 5.52 Å². The van der Waals surface area contributed by atoms with E-state index < -0.39 is 0 Å². The molecule has 16 heavy (non-hydrogen) atoms. The van der Waals surface area contributed by atoms with E-state index in [1.807, 2.05) is 17.8 Å². The third kappa shape index (κ3) is 2.36. The Labute approximate surface area is 113 Å². The van der Waals surface area contributed by atoms with Crippen LogP contribution in [-0.4, -0.2) is 21.1 Å². The maximum atomic E-state index is 5.35. The maximum absolute atomic E-state index is 5.35. The first kappa shape index (κ1) is 12.2. The van der Waals surface area contributed by atoms with Crippen molar-refractivity contribution in [2.75, 3.05) is 6.26 Å². The molecule has 0 aliphatic carbocycles. The smallest absolute Gasteiger partial charge is 0.178 e. The van der Waals surface area contributed by atoms with Gasteiger partial charge in [0.15, 0.2) is 4.77 Å². The van der Waals surface area contributed by atoms with Gasteiger partial charge in [0.25, 0.3) is 0 Å². The second kappa shape index (κ2) is 4.94. The summed E-state index contributed by atoms with van der Waals surface area (Å²) < 4.78 is 4.05. The zero-order valence-electron chi connectivity index (χ0n) is 9.16. The van der Waals surface area contributed by atoms with Gasteiger partial charge in [-0.2, -0.15) is 11.8 Å². The lowest BCUT2D eigenvalue weighted by atomic mass is 10.3. The van der Waals surface area contributed by atoms with Gasteiger partial charge in [-0.25, -0.2) is 0 Å². The molecule has 0 saturated heterocycles. The Hall–Kier alpha value is -0.260.